The molecule has 1 aliphatic rings. The van der Waals surface area contributed by atoms with E-state index >= 15 is 0 Å². The molecule has 0 radical (unpaired) electrons. The molecule has 0 atom stereocenters. The average Bonchev–Trinajstić information content (AvgIpc) is 2.26. The molecule has 0 aliphatic heterocycles. The number of rotatable bonds is 3. The molecule has 0 heterocycles. The fourth-order valence-electron chi connectivity index (χ4n) is 2.50. The van der Waals surface area contributed by atoms with Crippen LogP contribution in [0.5, 0.6) is 0 Å². The highest BCUT2D eigenvalue weighted by atomic mass is 19.1. The Morgan fingerprint density at radius 2 is 1.82 bits per heavy atom. The largest absolute Gasteiger partial charge is 0.336 e. The van der Waals surface area contributed by atoms with Gasteiger partial charge < -0.3 is 10.6 Å². The van der Waals surface area contributed by atoms with Crippen LogP contribution in [0, 0.1) is 11.3 Å². The van der Waals surface area contributed by atoms with E-state index in [4.69, 9.17) is 0 Å². The van der Waals surface area contributed by atoms with Crippen LogP contribution in [-0.2, 0) is 0 Å². The number of carbonyl (C=O) groups is 1. The molecular formula is C13H25FN2O. The lowest BCUT2D eigenvalue weighted by Crippen LogP contribution is -2.45. The predicted molar refractivity (Wildman–Crippen MR) is 67.7 cm³/mol. The molecule has 1 saturated carbocycles. The average molecular weight is 244 g/mol. The highest BCUT2D eigenvalue weighted by molar-refractivity contribution is 5.74. The number of urea groups is 1. The van der Waals surface area contributed by atoms with Crippen LogP contribution in [-0.4, -0.2) is 25.3 Å². The maximum atomic E-state index is 11.9. The number of hydrogen-bond donors (Lipinski definition) is 2. The molecule has 2 N–H and O–H groups in total. The predicted octanol–water partition coefficient (Wildman–Crippen LogP) is 2.86. The number of carbonyl (C=O) groups excluding carboxylic acids is 1. The maximum Gasteiger partial charge on any atom is 0.315 e. The van der Waals surface area contributed by atoms with E-state index in [0.717, 1.165) is 31.6 Å². The normalized spacial score (nSPS) is 25.4. The minimum atomic E-state index is -0.510. The summed E-state index contributed by atoms with van der Waals surface area (Å²) >= 11 is 0. The molecule has 3 nitrogen and oxygen atoms in total. The van der Waals surface area contributed by atoms with E-state index in [-0.39, 0.29) is 18.6 Å². The quantitative estimate of drug-likeness (QED) is 0.787. The summed E-state index contributed by atoms with van der Waals surface area (Å²) in [5, 5.41) is 5.40. The topological polar surface area (TPSA) is 41.1 Å². The molecule has 0 aromatic rings. The smallest absolute Gasteiger partial charge is 0.315 e. The van der Waals surface area contributed by atoms with Crippen LogP contribution >= 0.6 is 0 Å². The molecular weight excluding hydrogens is 219 g/mol. The number of nitrogens with one attached hydrogen (secondary N) is 2. The van der Waals surface area contributed by atoms with E-state index in [2.05, 4.69) is 31.4 Å². The van der Waals surface area contributed by atoms with E-state index in [1.54, 1.807) is 0 Å². The molecule has 1 aliphatic carbocycles. The zero-order valence-electron chi connectivity index (χ0n) is 11.2. The van der Waals surface area contributed by atoms with Gasteiger partial charge in [-0.25, -0.2) is 9.18 Å². The van der Waals surface area contributed by atoms with Crippen molar-refractivity contribution in [3.8, 4) is 0 Å². The molecule has 1 rings (SSSR count). The molecule has 2 amide bonds. The molecule has 0 saturated heterocycles. The maximum absolute atomic E-state index is 11.9. The Hall–Kier alpha value is -0.800. The van der Waals surface area contributed by atoms with Crippen molar-refractivity contribution in [1.82, 2.24) is 10.6 Å². The molecule has 0 aromatic carbocycles. The Morgan fingerprint density at radius 1 is 1.24 bits per heavy atom. The van der Waals surface area contributed by atoms with Gasteiger partial charge in [-0.1, -0.05) is 20.8 Å². The van der Waals surface area contributed by atoms with E-state index in [1.807, 2.05) is 0 Å². The number of alkyl halides is 1. The van der Waals surface area contributed by atoms with Gasteiger partial charge in [-0.2, -0.15) is 0 Å². The SMILES string of the molecule is CC(C)(C)C1CCC(NC(=O)NCCF)CC1. The number of amides is 2. The Balaban J connectivity index is 2.25. The summed E-state index contributed by atoms with van der Waals surface area (Å²) in [5.41, 5.74) is 0.363. The van der Waals surface area contributed by atoms with Crippen molar-refractivity contribution in [1.29, 1.82) is 0 Å². The van der Waals surface area contributed by atoms with Gasteiger partial charge in [-0.15, -0.1) is 0 Å². The summed E-state index contributed by atoms with van der Waals surface area (Å²) in [5.74, 6) is 0.745. The first-order chi connectivity index (χ1) is 7.93. The minimum Gasteiger partial charge on any atom is -0.336 e. The fraction of sp³-hybridized carbons (Fsp3) is 0.923. The Labute approximate surface area is 104 Å². The van der Waals surface area contributed by atoms with Crippen LogP contribution in [0.25, 0.3) is 0 Å². The molecule has 4 heteroatoms. The molecule has 1 fully saturated rings. The van der Waals surface area contributed by atoms with Crippen LogP contribution in [0.2, 0.25) is 0 Å². The number of hydrogen-bond acceptors (Lipinski definition) is 1. The fourth-order valence-corrected chi connectivity index (χ4v) is 2.50. The first kappa shape index (κ1) is 14.3. The van der Waals surface area contributed by atoms with Gasteiger partial charge in [0.15, 0.2) is 0 Å². The summed E-state index contributed by atoms with van der Waals surface area (Å²) in [6, 6.07) is 0.0232. The standard InChI is InChI=1S/C13H25FN2O/c1-13(2,3)10-4-6-11(7-5-10)16-12(17)15-9-8-14/h10-11H,4-9H2,1-3H3,(H2,15,16,17). The summed E-state index contributed by atoms with van der Waals surface area (Å²) in [6.45, 7) is 6.42. The molecule has 0 unspecified atom stereocenters. The van der Waals surface area contributed by atoms with Crippen molar-refractivity contribution in [3.05, 3.63) is 0 Å². The lowest BCUT2D eigenvalue weighted by Gasteiger charge is -2.37. The van der Waals surface area contributed by atoms with Crippen LogP contribution in [0.3, 0.4) is 0 Å². The Kier molecular flexibility index (Phi) is 5.22. The summed E-state index contributed by atoms with van der Waals surface area (Å²) in [4.78, 5) is 11.4. The molecule has 17 heavy (non-hydrogen) atoms. The third kappa shape index (κ3) is 4.92. The zero-order chi connectivity index (χ0) is 12.9. The third-order valence-electron chi connectivity index (χ3n) is 3.67. The van der Waals surface area contributed by atoms with Crippen molar-refractivity contribution >= 4 is 6.03 Å². The van der Waals surface area contributed by atoms with Crippen LogP contribution in [0.1, 0.15) is 46.5 Å². The molecule has 0 spiro atoms. The molecule has 0 aromatic heterocycles. The number of halogens is 1. The Morgan fingerprint density at radius 3 is 2.29 bits per heavy atom. The summed E-state index contributed by atoms with van der Waals surface area (Å²) in [7, 11) is 0. The van der Waals surface area contributed by atoms with Crippen molar-refractivity contribution in [3.63, 3.8) is 0 Å². The highest BCUT2D eigenvalue weighted by Crippen LogP contribution is 2.37. The second-order valence-electron chi connectivity index (χ2n) is 6.00. The summed E-state index contributed by atoms with van der Waals surface area (Å²) < 4.78 is 11.9. The minimum absolute atomic E-state index is 0.100. The van der Waals surface area contributed by atoms with Crippen molar-refractivity contribution < 1.29 is 9.18 Å². The van der Waals surface area contributed by atoms with Crippen LogP contribution in [0.15, 0.2) is 0 Å². The Bertz CT molecular complexity index is 242. The van der Waals surface area contributed by atoms with Gasteiger partial charge >= 0.3 is 6.03 Å². The van der Waals surface area contributed by atoms with E-state index in [0.29, 0.717) is 5.41 Å². The highest BCUT2D eigenvalue weighted by Gasteiger charge is 2.29. The lowest BCUT2D eigenvalue weighted by atomic mass is 9.71. The second-order valence-corrected chi connectivity index (χ2v) is 6.00. The van der Waals surface area contributed by atoms with Crippen LogP contribution < -0.4 is 10.6 Å². The van der Waals surface area contributed by atoms with Crippen molar-refractivity contribution in [2.24, 2.45) is 11.3 Å². The van der Waals surface area contributed by atoms with Gasteiger partial charge in [-0.3, -0.25) is 0 Å². The first-order valence-electron chi connectivity index (χ1n) is 6.54. The second kappa shape index (κ2) is 6.22. The van der Waals surface area contributed by atoms with Gasteiger partial charge in [0.2, 0.25) is 0 Å². The molecule has 100 valence electrons. The van der Waals surface area contributed by atoms with Crippen molar-refractivity contribution in [2.75, 3.05) is 13.2 Å². The van der Waals surface area contributed by atoms with E-state index in [9.17, 15) is 9.18 Å². The lowest BCUT2D eigenvalue weighted by molar-refractivity contribution is 0.160. The van der Waals surface area contributed by atoms with E-state index in [1.165, 1.54) is 0 Å². The zero-order valence-corrected chi connectivity index (χ0v) is 11.2. The van der Waals surface area contributed by atoms with Crippen LogP contribution in [0.4, 0.5) is 9.18 Å². The van der Waals surface area contributed by atoms with Gasteiger partial charge in [0, 0.05) is 12.6 Å². The first-order valence-corrected chi connectivity index (χ1v) is 6.54. The van der Waals surface area contributed by atoms with Gasteiger partial charge in [-0.05, 0) is 37.0 Å². The molecule has 0 bridgehead atoms. The van der Waals surface area contributed by atoms with E-state index < -0.39 is 6.67 Å². The monoisotopic (exact) mass is 244 g/mol. The summed E-state index contributed by atoms with van der Waals surface area (Å²) in [6.07, 6.45) is 4.39. The van der Waals surface area contributed by atoms with Gasteiger partial charge in [0.05, 0.1) is 0 Å². The third-order valence-corrected chi connectivity index (χ3v) is 3.67. The van der Waals surface area contributed by atoms with Gasteiger partial charge in [0.1, 0.15) is 6.67 Å². The van der Waals surface area contributed by atoms with Crippen molar-refractivity contribution in [2.45, 2.75) is 52.5 Å². The van der Waals surface area contributed by atoms with Gasteiger partial charge in [0.25, 0.3) is 0 Å².